The minimum absolute atomic E-state index is 0.261. The van der Waals surface area contributed by atoms with Gasteiger partial charge in [0.25, 0.3) is 0 Å². The lowest BCUT2D eigenvalue weighted by atomic mass is 10.0. The second-order valence-electron chi connectivity index (χ2n) is 7.99. The topological polar surface area (TPSA) is 61.3 Å². The van der Waals surface area contributed by atoms with Gasteiger partial charge in [-0.05, 0) is 44.1 Å². The highest BCUT2D eigenvalue weighted by atomic mass is 16.5. The maximum atomic E-state index is 11.9. The van der Waals surface area contributed by atoms with Crippen molar-refractivity contribution in [3.05, 3.63) is 54.4 Å². The molecule has 2 aromatic rings. The molecule has 0 fully saturated rings. The van der Waals surface area contributed by atoms with Gasteiger partial charge in [-0.3, -0.25) is 4.79 Å². The van der Waals surface area contributed by atoms with Crippen molar-refractivity contribution in [2.45, 2.75) is 78.1 Å². The third kappa shape index (κ3) is 10.7. The SMILES string of the molecule is CCCC/C=C/CCC(=O)Oc1cnc(-c2ccc(CCCCCOCCC)cc2)nc1. The van der Waals surface area contributed by atoms with Crippen LogP contribution in [0.2, 0.25) is 0 Å². The summed E-state index contributed by atoms with van der Waals surface area (Å²) in [4.78, 5) is 20.7. The summed E-state index contributed by atoms with van der Waals surface area (Å²) < 4.78 is 10.8. The number of aryl methyl sites for hydroxylation is 1. The lowest BCUT2D eigenvalue weighted by Crippen LogP contribution is -2.07. The number of esters is 1. The summed E-state index contributed by atoms with van der Waals surface area (Å²) in [5, 5.41) is 0. The Morgan fingerprint density at radius 2 is 1.62 bits per heavy atom. The standard InChI is InChI=1S/C27H38N2O3/c1-3-5-6-7-8-11-14-26(30)32-25-21-28-27(29-22-25)24-17-15-23(16-18-24)13-10-9-12-20-31-19-4-2/h7-8,15-18,21-22H,3-6,9-14,19-20H2,1-2H3/b8-7+. The van der Waals surface area contributed by atoms with Crippen molar-refractivity contribution < 1.29 is 14.3 Å². The first-order valence-corrected chi connectivity index (χ1v) is 12.1. The van der Waals surface area contributed by atoms with Crippen LogP contribution in [0.1, 0.15) is 77.2 Å². The van der Waals surface area contributed by atoms with Crippen LogP contribution in [-0.2, 0) is 16.0 Å². The minimum Gasteiger partial charge on any atom is -0.423 e. The van der Waals surface area contributed by atoms with Crippen LogP contribution in [0.4, 0.5) is 0 Å². The molecule has 0 radical (unpaired) electrons. The van der Waals surface area contributed by atoms with E-state index < -0.39 is 0 Å². The molecule has 1 aromatic heterocycles. The molecular formula is C27H38N2O3. The van der Waals surface area contributed by atoms with Crippen LogP contribution in [0, 0.1) is 0 Å². The number of carbonyl (C=O) groups excluding carboxylic acids is 1. The highest BCUT2D eigenvalue weighted by Gasteiger charge is 2.07. The van der Waals surface area contributed by atoms with Crippen molar-refractivity contribution in [3.63, 3.8) is 0 Å². The molecule has 32 heavy (non-hydrogen) atoms. The number of rotatable bonds is 16. The lowest BCUT2D eigenvalue weighted by Gasteiger charge is -2.06. The van der Waals surface area contributed by atoms with E-state index in [0.29, 0.717) is 24.4 Å². The quantitative estimate of drug-likeness (QED) is 0.165. The van der Waals surface area contributed by atoms with E-state index in [9.17, 15) is 4.79 Å². The van der Waals surface area contributed by atoms with Crippen molar-refractivity contribution in [1.29, 1.82) is 0 Å². The molecule has 0 saturated carbocycles. The van der Waals surface area contributed by atoms with Crippen LogP contribution in [-0.4, -0.2) is 29.2 Å². The second kappa shape index (κ2) is 16.2. The molecule has 174 valence electrons. The van der Waals surface area contributed by atoms with Crippen LogP contribution in [0.25, 0.3) is 11.4 Å². The molecule has 5 nitrogen and oxygen atoms in total. The van der Waals surface area contributed by atoms with E-state index >= 15 is 0 Å². The van der Waals surface area contributed by atoms with Gasteiger partial charge in [-0.1, -0.05) is 69.5 Å². The number of nitrogens with zero attached hydrogens (tertiary/aromatic N) is 2. The Morgan fingerprint density at radius 1 is 0.875 bits per heavy atom. The fourth-order valence-electron chi connectivity index (χ4n) is 3.24. The Balaban J connectivity index is 1.71. The first-order chi connectivity index (χ1) is 15.7. The van der Waals surface area contributed by atoms with Gasteiger partial charge in [0.05, 0.1) is 12.4 Å². The van der Waals surface area contributed by atoms with Crippen molar-refractivity contribution in [2.75, 3.05) is 13.2 Å². The number of ether oxygens (including phenoxy) is 2. The summed E-state index contributed by atoms with van der Waals surface area (Å²) in [6, 6.07) is 8.36. The van der Waals surface area contributed by atoms with Gasteiger partial charge in [-0.25, -0.2) is 9.97 Å². The maximum absolute atomic E-state index is 11.9. The molecule has 0 aliphatic heterocycles. The monoisotopic (exact) mass is 438 g/mol. The third-order valence-corrected chi connectivity index (χ3v) is 5.08. The van der Waals surface area contributed by atoms with Gasteiger partial charge in [0.1, 0.15) is 0 Å². The summed E-state index contributed by atoms with van der Waals surface area (Å²) in [5.41, 5.74) is 2.27. The molecule has 5 heteroatoms. The van der Waals surface area contributed by atoms with E-state index in [1.165, 1.54) is 31.2 Å². The van der Waals surface area contributed by atoms with Gasteiger partial charge in [-0.15, -0.1) is 0 Å². The number of allylic oxidation sites excluding steroid dienone is 2. The van der Waals surface area contributed by atoms with E-state index in [-0.39, 0.29) is 5.97 Å². The van der Waals surface area contributed by atoms with Gasteiger partial charge in [0, 0.05) is 25.2 Å². The molecule has 0 aliphatic rings. The number of hydrogen-bond donors (Lipinski definition) is 0. The predicted molar refractivity (Wildman–Crippen MR) is 130 cm³/mol. The zero-order chi connectivity index (χ0) is 22.9. The molecule has 2 rings (SSSR count). The molecule has 0 atom stereocenters. The second-order valence-corrected chi connectivity index (χ2v) is 7.99. The van der Waals surface area contributed by atoms with Crippen LogP contribution < -0.4 is 4.74 Å². The number of hydrogen-bond acceptors (Lipinski definition) is 5. The molecule has 1 heterocycles. The number of benzene rings is 1. The van der Waals surface area contributed by atoms with E-state index in [1.54, 1.807) is 12.4 Å². The van der Waals surface area contributed by atoms with Crippen molar-refractivity contribution in [3.8, 4) is 17.1 Å². The highest BCUT2D eigenvalue weighted by molar-refractivity contribution is 5.72. The van der Waals surface area contributed by atoms with Crippen molar-refractivity contribution in [2.24, 2.45) is 0 Å². The zero-order valence-electron chi connectivity index (χ0n) is 19.7. The largest absolute Gasteiger partial charge is 0.423 e. The summed E-state index contributed by atoms with van der Waals surface area (Å²) in [7, 11) is 0. The molecular weight excluding hydrogens is 400 g/mol. The van der Waals surface area contributed by atoms with Gasteiger partial charge in [-0.2, -0.15) is 0 Å². The van der Waals surface area contributed by atoms with Crippen LogP contribution in [0.15, 0.2) is 48.8 Å². The van der Waals surface area contributed by atoms with Gasteiger partial charge in [0.2, 0.25) is 0 Å². The first-order valence-electron chi connectivity index (χ1n) is 12.1. The van der Waals surface area contributed by atoms with Crippen molar-refractivity contribution in [1.82, 2.24) is 9.97 Å². The van der Waals surface area contributed by atoms with Gasteiger partial charge >= 0.3 is 5.97 Å². The lowest BCUT2D eigenvalue weighted by molar-refractivity contribution is -0.134. The number of carbonyl (C=O) groups is 1. The fourth-order valence-corrected chi connectivity index (χ4v) is 3.24. The Kier molecular flexibility index (Phi) is 13.0. The Bertz CT molecular complexity index is 786. The normalized spacial score (nSPS) is 11.2. The predicted octanol–water partition coefficient (Wildman–Crippen LogP) is 6.72. The molecule has 0 spiro atoms. The van der Waals surface area contributed by atoms with E-state index in [0.717, 1.165) is 44.5 Å². The maximum Gasteiger partial charge on any atom is 0.311 e. The fraction of sp³-hybridized carbons (Fsp3) is 0.519. The van der Waals surface area contributed by atoms with E-state index in [4.69, 9.17) is 9.47 Å². The zero-order valence-corrected chi connectivity index (χ0v) is 19.7. The Morgan fingerprint density at radius 3 is 2.34 bits per heavy atom. The summed E-state index contributed by atoms with van der Waals surface area (Å²) >= 11 is 0. The van der Waals surface area contributed by atoms with E-state index in [1.807, 2.05) is 18.2 Å². The third-order valence-electron chi connectivity index (χ3n) is 5.08. The molecule has 0 saturated heterocycles. The van der Waals surface area contributed by atoms with Crippen LogP contribution in [0.3, 0.4) is 0 Å². The Hall–Kier alpha value is -2.53. The molecule has 0 aliphatic carbocycles. The average Bonchev–Trinajstić information content (AvgIpc) is 2.82. The van der Waals surface area contributed by atoms with Crippen LogP contribution >= 0.6 is 0 Å². The molecule has 0 amide bonds. The Labute approximate surface area is 193 Å². The molecule has 0 bridgehead atoms. The smallest absolute Gasteiger partial charge is 0.311 e. The first kappa shape index (κ1) is 25.7. The average molecular weight is 439 g/mol. The van der Waals surface area contributed by atoms with Crippen molar-refractivity contribution >= 4 is 5.97 Å². The molecule has 0 unspecified atom stereocenters. The molecule has 1 aromatic carbocycles. The number of aromatic nitrogens is 2. The van der Waals surface area contributed by atoms with Gasteiger partial charge in [0.15, 0.2) is 11.6 Å². The summed E-state index contributed by atoms with van der Waals surface area (Å²) in [6.45, 7) is 6.03. The summed E-state index contributed by atoms with van der Waals surface area (Å²) in [5.74, 6) is 0.749. The number of unbranched alkanes of at least 4 members (excludes halogenated alkanes) is 4. The molecule has 0 N–H and O–H groups in total. The van der Waals surface area contributed by atoms with Crippen LogP contribution in [0.5, 0.6) is 5.75 Å². The van der Waals surface area contributed by atoms with Gasteiger partial charge < -0.3 is 9.47 Å². The summed E-state index contributed by atoms with van der Waals surface area (Å²) in [6.07, 6.45) is 17.4. The minimum atomic E-state index is -0.261. The highest BCUT2D eigenvalue weighted by Crippen LogP contribution is 2.18. The van der Waals surface area contributed by atoms with E-state index in [2.05, 4.69) is 42.0 Å².